The SMILES string of the molecule is C.CC(C)(C)CCC1CN(C(C)(C)C)C1. The second kappa shape index (κ2) is 4.86. The maximum atomic E-state index is 2.58. The topological polar surface area (TPSA) is 3.24 Å². The summed E-state index contributed by atoms with van der Waals surface area (Å²) < 4.78 is 0. The van der Waals surface area contributed by atoms with Crippen LogP contribution in [0.2, 0.25) is 0 Å². The molecule has 15 heavy (non-hydrogen) atoms. The maximum Gasteiger partial charge on any atom is 0.0125 e. The van der Waals surface area contributed by atoms with Gasteiger partial charge in [0.1, 0.15) is 0 Å². The van der Waals surface area contributed by atoms with Crippen LogP contribution in [-0.4, -0.2) is 23.5 Å². The van der Waals surface area contributed by atoms with Crippen LogP contribution in [0.1, 0.15) is 61.8 Å². The van der Waals surface area contributed by atoms with Gasteiger partial charge in [-0.3, -0.25) is 4.90 Å². The Morgan fingerprint density at radius 3 is 1.80 bits per heavy atom. The lowest BCUT2D eigenvalue weighted by molar-refractivity contribution is 0.00631. The van der Waals surface area contributed by atoms with E-state index in [-0.39, 0.29) is 7.43 Å². The summed E-state index contributed by atoms with van der Waals surface area (Å²) in [7, 11) is 0. The van der Waals surface area contributed by atoms with Gasteiger partial charge < -0.3 is 0 Å². The second-order valence-electron chi connectivity index (χ2n) is 7.04. The third-order valence-electron chi connectivity index (χ3n) is 3.21. The van der Waals surface area contributed by atoms with Crippen molar-refractivity contribution < 1.29 is 0 Å². The highest BCUT2D eigenvalue weighted by Crippen LogP contribution is 2.31. The van der Waals surface area contributed by atoms with Crippen LogP contribution >= 0.6 is 0 Å². The summed E-state index contributed by atoms with van der Waals surface area (Å²) in [5.41, 5.74) is 0.903. The minimum Gasteiger partial charge on any atom is -0.298 e. The van der Waals surface area contributed by atoms with Gasteiger partial charge in [-0.1, -0.05) is 28.2 Å². The molecule has 0 amide bonds. The van der Waals surface area contributed by atoms with Gasteiger partial charge in [0, 0.05) is 18.6 Å². The van der Waals surface area contributed by atoms with Gasteiger partial charge in [0.25, 0.3) is 0 Å². The molecule has 0 radical (unpaired) electrons. The van der Waals surface area contributed by atoms with E-state index in [0.717, 1.165) is 5.92 Å². The molecule has 0 aromatic carbocycles. The fraction of sp³-hybridized carbons (Fsp3) is 1.00. The number of nitrogens with zero attached hydrogens (tertiary/aromatic N) is 1. The van der Waals surface area contributed by atoms with Crippen molar-refractivity contribution in [3.63, 3.8) is 0 Å². The van der Waals surface area contributed by atoms with Gasteiger partial charge >= 0.3 is 0 Å². The third kappa shape index (κ3) is 5.01. The van der Waals surface area contributed by atoms with E-state index < -0.39 is 0 Å². The van der Waals surface area contributed by atoms with Gasteiger partial charge in [0.2, 0.25) is 0 Å². The van der Waals surface area contributed by atoms with Crippen LogP contribution in [-0.2, 0) is 0 Å². The lowest BCUT2D eigenvalue weighted by Gasteiger charge is -2.48. The predicted molar refractivity (Wildman–Crippen MR) is 70.2 cm³/mol. The first-order chi connectivity index (χ1) is 6.18. The molecule has 1 fully saturated rings. The van der Waals surface area contributed by atoms with E-state index in [1.807, 2.05) is 0 Å². The summed E-state index contributed by atoms with van der Waals surface area (Å²) in [6, 6.07) is 0. The average Bonchev–Trinajstić information content (AvgIpc) is 1.76. The Balaban J connectivity index is 0.00000196. The van der Waals surface area contributed by atoms with E-state index in [1.54, 1.807) is 0 Å². The van der Waals surface area contributed by atoms with Crippen LogP contribution in [0.4, 0.5) is 0 Å². The second-order valence-corrected chi connectivity index (χ2v) is 7.04. The average molecular weight is 213 g/mol. The molecule has 92 valence electrons. The van der Waals surface area contributed by atoms with Gasteiger partial charge in [0.15, 0.2) is 0 Å². The first-order valence-electron chi connectivity index (χ1n) is 5.93. The molecule has 1 aliphatic rings. The summed E-state index contributed by atoms with van der Waals surface area (Å²) in [6.45, 7) is 16.6. The number of hydrogen-bond donors (Lipinski definition) is 0. The van der Waals surface area contributed by atoms with Crippen molar-refractivity contribution in [1.29, 1.82) is 0 Å². The largest absolute Gasteiger partial charge is 0.298 e. The molecule has 0 atom stereocenters. The Morgan fingerprint density at radius 2 is 1.47 bits per heavy atom. The molecule has 1 saturated heterocycles. The van der Waals surface area contributed by atoms with Crippen LogP contribution in [0.25, 0.3) is 0 Å². The quantitative estimate of drug-likeness (QED) is 0.665. The van der Waals surface area contributed by atoms with Gasteiger partial charge in [0.05, 0.1) is 0 Å². The molecule has 0 aromatic heterocycles. The molecule has 1 aliphatic heterocycles. The number of rotatable bonds is 2. The Bertz CT molecular complexity index is 174. The van der Waals surface area contributed by atoms with E-state index >= 15 is 0 Å². The molecule has 1 heteroatoms. The maximum absolute atomic E-state index is 2.58. The summed E-state index contributed by atoms with van der Waals surface area (Å²) in [5, 5.41) is 0. The monoisotopic (exact) mass is 213 g/mol. The van der Waals surface area contributed by atoms with Gasteiger partial charge in [-0.25, -0.2) is 0 Å². The Labute approximate surface area is 97.2 Å². The predicted octanol–water partition coefficient (Wildman–Crippen LogP) is 4.18. The molecular weight excluding hydrogens is 182 g/mol. The van der Waals surface area contributed by atoms with Crippen LogP contribution in [0, 0.1) is 11.3 Å². The van der Waals surface area contributed by atoms with Crippen molar-refractivity contribution in [1.82, 2.24) is 4.90 Å². The van der Waals surface area contributed by atoms with Crippen molar-refractivity contribution in [2.24, 2.45) is 11.3 Å². The fourth-order valence-electron chi connectivity index (χ4n) is 1.94. The minimum atomic E-state index is 0. The summed E-state index contributed by atoms with van der Waals surface area (Å²) >= 11 is 0. The van der Waals surface area contributed by atoms with Crippen LogP contribution in [0.3, 0.4) is 0 Å². The Kier molecular flexibility index (Phi) is 4.85. The molecule has 0 aliphatic carbocycles. The lowest BCUT2D eigenvalue weighted by atomic mass is 9.82. The standard InChI is InChI=1S/C13H27N.CH4/c1-12(2,3)8-7-11-9-14(10-11)13(4,5)6;/h11H,7-10H2,1-6H3;1H4. The molecule has 0 unspecified atom stereocenters. The molecule has 0 aromatic rings. The Hall–Kier alpha value is -0.0400. The van der Waals surface area contributed by atoms with Crippen LogP contribution in [0.15, 0.2) is 0 Å². The van der Waals surface area contributed by atoms with Gasteiger partial charge in [-0.15, -0.1) is 0 Å². The van der Waals surface area contributed by atoms with E-state index in [2.05, 4.69) is 46.4 Å². The molecule has 0 bridgehead atoms. The zero-order valence-corrected chi connectivity index (χ0v) is 10.9. The summed E-state index contributed by atoms with van der Waals surface area (Å²) in [6.07, 6.45) is 2.78. The molecule has 0 N–H and O–H groups in total. The molecular formula is C14H31N. The molecule has 1 nitrogen and oxygen atoms in total. The number of likely N-dealkylation sites (tertiary alicyclic amines) is 1. The highest BCUT2D eigenvalue weighted by atomic mass is 15.2. The summed E-state index contributed by atoms with van der Waals surface area (Å²) in [4.78, 5) is 2.58. The zero-order chi connectivity index (χ0) is 11.0. The van der Waals surface area contributed by atoms with E-state index in [9.17, 15) is 0 Å². The highest BCUT2D eigenvalue weighted by molar-refractivity contribution is 4.88. The molecule has 0 spiro atoms. The van der Waals surface area contributed by atoms with Crippen molar-refractivity contribution >= 4 is 0 Å². The first-order valence-corrected chi connectivity index (χ1v) is 5.93. The lowest BCUT2D eigenvalue weighted by Crippen LogP contribution is -2.55. The normalized spacial score (nSPS) is 19.6. The first kappa shape index (κ1) is 15.0. The molecule has 1 rings (SSSR count). The number of hydrogen-bond acceptors (Lipinski definition) is 1. The van der Waals surface area contributed by atoms with Crippen molar-refractivity contribution in [2.45, 2.75) is 67.3 Å². The van der Waals surface area contributed by atoms with Gasteiger partial charge in [-0.2, -0.15) is 0 Å². The van der Waals surface area contributed by atoms with E-state index in [1.165, 1.54) is 25.9 Å². The minimum absolute atomic E-state index is 0. The van der Waals surface area contributed by atoms with Crippen LogP contribution in [0.5, 0.6) is 0 Å². The van der Waals surface area contributed by atoms with E-state index in [4.69, 9.17) is 0 Å². The third-order valence-corrected chi connectivity index (χ3v) is 3.21. The fourth-order valence-corrected chi connectivity index (χ4v) is 1.94. The van der Waals surface area contributed by atoms with Gasteiger partial charge in [-0.05, 0) is 44.9 Å². The molecule has 1 heterocycles. The Morgan fingerprint density at radius 1 is 1.00 bits per heavy atom. The van der Waals surface area contributed by atoms with Crippen molar-refractivity contribution in [3.05, 3.63) is 0 Å². The smallest absolute Gasteiger partial charge is 0.0125 e. The highest BCUT2D eigenvalue weighted by Gasteiger charge is 2.34. The molecule has 0 saturated carbocycles. The van der Waals surface area contributed by atoms with Crippen molar-refractivity contribution in [3.8, 4) is 0 Å². The zero-order valence-electron chi connectivity index (χ0n) is 10.9. The van der Waals surface area contributed by atoms with Crippen LogP contribution < -0.4 is 0 Å². The van der Waals surface area contributed by atoms with Crippen molar-refractivity contribution in [2.75, 3.05) is 13.1 Å². The summed E-state index contributed by atoms with van der Waals surface area (Å²) in [5.74, 6) is 0.966. The van der Waals surface area contributed by atoms with E-state index in [0.29, 0.717) is 11.0 Å².